The van der Waals surface area contributed by atoms with Crippen LogP contribution < -0.4 is 10.6 Å². The average Bonchev–Trinajstić information content (AvgIpc) is 2.53. The van der Waals surface area contributed by atoms with Crippen molar-refractivity contribution in [2.75, 3.05) is 19.6 Å². The highest BCUT2D eigenvalue weighted by Gasteiger charge is 2.15. The molecule has 0 spiro atoms. The highest BCUT2D eigenvalue weighted by molar-refractivity contribution is 7.07. The normalized spacial score (nSPS) is 17.2. The molecule has 0 radical (unpaired) electrons. The van der Waals surface area contributed by atoms with E-state index in [4.69, 9.17) is 0 Å². The molecule has 1 aromatic rings. The molecular formula is C9H15N3S. The fourth-order valence-electron chi connectivity index (χ4n) is 1.40. The molecule has 0 amide bonds. The predicted molar refractivity (Wildman–Crippen MR) is 54.8 cm³/mol. The summed E-state index contributed by atoms with van der Waals surface area (Å²) in [5.74, 6) is 0.905. The van der Waals surface area contributed by atoms with Gasteiger partial charge in [-0.25, -0.2) is 4.98 Å². The summed E-state index contributed by atoms with van der Waals surface area (Å²) >= 11 is 1.66. The summed E-state index contributed by atoms with van der Waals surface area (Å²) < 4.78 is 0. The van der Waals surface area contributed by atoms with Crippen molar-refractivity contribution in [1.82, 2.24) is 15.6 Å². The van der Waals surface area contributed by atoms with Crippen molar-refractivity contribution in [3.05, 3.63) is 16.6 Å². The Bertz CT molecular complexity index is 231. The largest absolute Gasteiger partial charge is 0.316 e. The second kappa shape index (κ2) is 4.69. The summed E-state index contributed by atoms with van der Waals surface area (Å²) in [7, 11) is 0. The van der Waals surface area contributed by atoms with Crippen LogP contribution in [-0.4, -0.2) is 24.6 Å². The zero-order valence-electron chi connectivity index (χ0n) is 7.62. The third kappa shape index (κ3) is 2.76. The Balaban J connectivity index is 1.53. The Morgan fingerprint density at radius 2 is 2.54 bits per heavy atom. The molecule has 2 rings (SSSR count). The molecule has 2 N–H and O–H groups in total. The molecule has 0 unspecified atom stereocenters. The summed E-state index contributed by atoms with van der Waals surface area (Å²) in [6, 6.07) is 0. The van der Waals surface area contributed by atoms with Crippen LogP contribution in [0.5, 0.6) is 0 Å². The first-order valence-corrected chi connectivity index (χ1v) is 5.68. The van der Waals surface area contributed by atoms with Crippen molar-refractivity contribution in [2.45, 2.75) is 13.0 Å². The first-order chi connectivity index (χ1) is 6.45. The highest BCUT2D eigenvalue weighted by Crippen LogP contribution is 2.06. The third-order valence-corrected chi connectivity index (χ3v) is 3.02. The van der Waals surface area contributed by atoms with Crippen molar-refractivity contribution in [2.24, 2.45) is 5.92 Å². The molecular weight excluding hydrogens is 182 g/mol. The van der Waals surface area contributed by atoms with Crippen LogP contribution in [0.25, 0.3) is 0 Å². The van der Waals surface area contributed by atoms with Gasteiger partial charge in [0.25, 0.3) is 0 Å². The number of nitrogens with one attached hydrogen (secondary N) is 2. The van der Waals surface area contributed by atoms with Gasteiger partial charge in [0.05, 0.1) is 11.2 Å². The van der Waals surface area contributed by atoms with Gasteiger partial charge in [-0.15, -0.1) is 11.3 Å². The zero-order chi connectivity index (χ0) is 8.93. The number of thiazole rings is 1. The molecule has 0 atom stereocenters. The Morgan fingerprint density at radius 1 is 1.62 bits per heavy atom. The fourth-order valence-corrected chi connectivity index (χ4v) is 1.96. The molecule has 13 heavy (non-hydrogen) atoms. The summed E-state index contributed by atoms with van der Waals surface area (Å²) in [6.07, 6.45) is 1.29. The second-order valence-corrected chi connectivity index (χ2v) is 4.19. The number of aromatic nitrogens is 1. The summed E-state index contributed by atoms with van der Waals surface area (Å²) in [5, 5.41) is 8.78. The van der Waals surface area contributed by atoms with Gasteiger partial charge in [-0.1, -0.05) is 0 Å². The van der Waals surface area contributed by atoms with Gasteiger partial charge in [0.2, 0.25) is 0 Å². The van der Waals surface area contributed by atoms with Crippen LogP contribution in [0.3, 0.4) is 0 Å². The molecule has 0 aliphatic carbocycles. The van der Waals surface area contributed by atoms with Gasteiger partial charge >= 0.3 is 0 Å². The number of nitrogens with zero attached hydrogens (tertiary/aromatic N) is 1. The standard InChI is InChI=1S/C9H15N3S/c1(8-3-11-4-8)2-10-5-9-6-13-7-12-9/h6-8,10-11H,1-5H2. The van der Waals surface area contributed by atoms with Crippen LogP contribution >= 0.6 is 11.3 Å². The van der Waals surface area contributed by atoms with Gasteiger partial charge in [0.15, 0.2) is 0 Å². The third-order valence-electron chi connectivity index (χ3n) is 2.38. The summed E-state index contributed by atoms with van der Waals surface area (Å²) in [4.78, 5) is 4.21. The Hall–Kier alpha value is -0.450. The summed E-state index contributed by atoms with van der Waals surface area (Å²) in [6.45, 7) is 4.45. The van der Waals surface area contributed by atoms with E-state index in [0.29, 0.717) is 0 Å². The summed E-state index contributed by atoms with van der Waals surface area (Å²) in [5.41, 5.74) is 3.05. The smallest absolute Gasteiger partial charge is 0.0795 e. The lowest BCUT2D eigenvalue weighted by molar-refractivity contribution is 0.322. The molecule has 2 heterocycles. The minimum absolute atomic E-state index is 0.905. The zero-order valence-corrected chi connectivity index (χ0v) is 8.44. The molecule has 4 heteroatoms. The van der Waals surface area contributed by atoms with Crippen molar-refractivity contribution >= 4 is 11.3 Å². The maximum absolute atomic E-state index is 4.21. The van der Waals surface area contributed by atoms with E-state index in [-0.39, 0.29) is 0 Å². The van der Waals surface area contributed by atoms with Crippen molar-refractivity contribution in [1.29, 1.82) is 0 Å². The van der Waals surface area contributed by atoms with E-state index in [1.165, 1.54) is 19.5 Å². The number of rotatable bonds is 5. The van der Waals surface area contributed by atoms with Gasteiger partial charge < -0.3 is 10.6 Å². The quantitative estimate of drug-likeness (QED) is 0.687. The van der Waals surface area contributed by atoms with Crippen LogP contribution in [0.1, 0.15) is 12.1 Å². The first kappa shape index (κ1) is 9.12. The minimum Gasteiger partial charge on any atom is -0.316 e. The van der Waals surface area contributed by atoms with Crippen LogP contribution in [0.2, 0.25) is 0 Å². The van der Waals surface area contributed by atoms with Gasteiger partial charge in [-0.2, -0.15) is 0 Å². The molecule has 1 aromatic heterocycles. The van der Waals surface area contributed by atoms with E-state index in [9.17, 15) is 0 Å². The van der Waals surface area contributed by atoms with E-state index < -0.39 is 0 Å². The lowest BCUT2D eigenvalue weighted by Gasteiger charge is -2.26. The molecule has 0 saturated carbocycles. The monoisotopic (exact) mass is 197 g/mol. The van der Waals surface area contributed by atoms with Gasteiger partial charge in [0.1, 0.15) is 0 Å². The SMILES string of the molecule is c1nc(CNCCC2CNC2)cs1. The second-order valence-electron chi connectivity index (χ2n) is 3.47. The topological polar surface area (TPSA) is 37.0 Å². The molecule has 1 aliphatic rings. The molecule has 3 nitrogen and oxygen atoms in total. The average molecular weight is 197 g/mol. The maximum atomic E-state index is 4.21. The number of hydrogen-bond acceptors (Lipinski definition) is 4. The van der Waals surface area contributed by atoms with Gasteiger partial charge in [0, 0.05) is 11.9 Å². The van der Waals surface area contributed by atoms with Crippen LogP contribution in [0.15, 0.2) is 10.9 Å². The molecule has 0 bridgehead atoms. The fraction of sp³-hybridized carbons (Fsp3) is 0.667. The van der Waals surface area contributed by atoms with Crippen molar-refractivity contribution in [3.8, 4) is 0 Å². The van der Waals surface area contributed by atoms with Crippen LogP contribution in [0, 0.1) is 5.92 Å². The Kier molecular flexibility index (Phi) is 3.29. The Morgan fingerprint density at radius 3 is 3.15 bits per heavy atom. The van der Waals surface area contributed by atoms with E-state index in [2.05, 4.69) is 21.0 Å². The van der Waals surface area contributed by atoms with Crippen LogP contribution in [-0.2, 0) is 6.54 Å². The predicted octanol–water partition coefficient (Wildman–Crippen LogP) is 0.842. The molecule has 0 aromatic carbocycles. The van der Waals surface area contributed by atoms with Gasteiger partial charge in [-0.05, 0) is 32.0 Å². The molecule has 1 saturated heterocycles. The molecule has 72 valence electrons. The maximum Gasteiger partial charge on any atom is 0.0795 e. The van der Waals surface area contributed by atoms with Crippen molar-refractivity contribution < 1.29 is 0 Å². The van der Waals surface area contributed by atoms with E-state index in [0.717, 1.165) is 24.7 Å². The van der Waals surface area contributed by atoms with Gasteiger partial charge in [-0.3, -0.25) is 0 Å². The molecule has 1 fully saturated rings. The van der Waals surface area contributed by atoms with Crippen LogP contribution in [0.4, 0.5) is 0 Å². The van der Waals surface area contributed by atoms with E-state index >= 15 is 0 Å². The Labute approximate surface area is 82.6 Å². The van der Waals surface area contributed by atoms with E-state index in [1.807, 2.05) is 5.51 Å². The minimum atomic E-state index is 0.905. The van der Waals surface area contributed by atoms with Crippen molar-refractivity contribution in [3.63, 3.8) is 0 Å². The lowest BCUT2D eigenvalue weighted by atomic mass is 10.00. The highest BCUT2D eigenvalue weighted by atomic mass is 32.1. The molecule has 1 aliphatic heterocycles. The number of hydrogen-bond donors (Lipinski definition) is 2. The lowest BCUT2D eigenvalue weighted by Crippen LogP contribution is -2.43. The van der Waals surface area contributed by atoms with E-state index in [1.54, 1.807) is 11.3 Å². The first-order valence-electron chi connectivity index (χ1n) is 4.73.